The van der Waals surface area contributed by atoms with Crippen LogP contribution in [0.2, 0.25) is 0 Å². The summed E-state index contributed by atoms with van der Waals surface area (Å²) in [5.41, 5.74) is 1.23. The molecule has 2 heterocycles. The predicted molar refractivity (Wildman–Crippen MR) is 121 cm³/mol. The maximum atomic E-state index is 13.5. The number of hydrogen-bond acceptors (Lipinski definition) is 7. The SMILES string of the molecule is CCOc1ccc(S(=O)(=O)N(Cc2coc(-c3ccc(OC)cc3)n2)Cc2ccco2)cc1. The zero-order valence-corrected chi connectivity index (χ0v) is 19.1. The minimum Gasteiger partial charge on any atom is -0.497 e. The summed E-state index contributed by atoms with van der Waals surface area (Å²) < 4.78 is 49.8. The molecule has 0 radical (unpaired) electrons. The van der Waals surface area contributed by atoms with Crippen molar-refractivity contribution < 1.29 is 26.7 Å². The van der Waals surface area contributed by atoms with Crippen molar-refractivity contribution >= 4 is 10.0 Å². The van der Waals surface area contributed by atoms with Crippen LogP contribution in [0.4, 0.5) is 0 Å². The average Bonchev–Trinajstić information content (AvgIpc) is 3.52. The van der Waals surface area contributed by atoms with E-state index in [-0.39, 0.29) is 18.0 Å². The number of oxazole rings is 1. The van der Waals surface area contributed by atoms with Crippen molar-refractivity contribution in [3.8, 4) is 23.0 Å². The normalized spacial score (nSPS) is 11.6. The molecule has 0 unspecified atom stereocenters. The lowest BCUT2D eigenvalue weighted by Gasteiger charge is -2.20. The number of nitrogens with zero attached hydrogens (tertiary/aromatic N) is 2. The van der Waals surface area contributed by atoms with Gasteiger partial charge in [-0.2, -0.15) is 4.31 Å². The summed E-state index contributed by atoms with van der Waals surface area (Å²) in [7, 11) is -2.26. The summed E-state index contributed by atoms with van der Waals surface area (Å²) >= 11 is 0. The standard InChI is InChI=1S/C24H24N2O6S/c1-3-30-21-10-12-23(13-11-21)33(27,28)26(16-22-5-4-14-31-22)15-19-17-32-24(25-19)18-6-8-20(29-2)9-7-18/h4-14,17H,3,15-16H2,1-2H3. The first kappa shape index (κ1) is 22.6. The van der Waals surface area contributed by atoms with E-state index in [0.29, 0.717) is 29.7 Å². The van der Waals surface area contributed by atoms with Crippen LogP contribution < -0.4 is 9.47 Å². The van der Waals surface area contributed by atoms with Crippen LogP contribution in [-0.4, -0.2) is 31.4 Å². The lowest BCUT2D eigenvalue weighted by Crippen LogP contribution is -2.30. The van der Waals surface area contributed by atoms with Gasteiger partial charge in [-0.05, 0) is 67.6 Å². The number of hydrogen-bond donors (Lipinski definition) is 0. The Morgan fingerprint density at radius 3 is 2.30 bits per heavy atom. The summed E-state index contributed by atoms with van der Waals surface area (Å²) in [6.07, 6.45) is 2.97. The largest absolute Gasteiger partial charge is 0.497 e. The quantitative estimate of drug-likeness (QED) is 0.332. The Labute approximate surface area is 192 Å². The maximum absolute atomic E-state index is 13.5. The third kappa shape index (κ3) is 5.27. The minimum atomic E-state index is -3.85. The van der Waals surface area contributed by atoms with Gasteiger partial charge >= 0.3 is 0 Å². The lowest BCUT2D eigenvalue weighted by molar-refractivity contribution is 0.339. The highest BCUT2D eigenvalue weighted by Gasteiger charge is 2.27. The molecule has 0 amide bonds. The zero-order valence-electron chi connectivity index (χ0n) is 18.3. The molecule has 0 aliphatic heterocycles. The summed E-state index contributed by atoms with van der Waals surface area (Å²) in [6, 6.07) is 17.0. The van der Waals surface area contributed by atoms with Crippen molar-refractivity contribution in [2.24, 2.45) is 0 Å². The molecule has 2 aromatic heterocycles. The summed E-state index contributed by atoms with van der Waals surface area (Å²) in [5.74, 6) is 2.23. The molecule has 0 aliphatic rings. The Morgan fingerprint density at radius 2 is 1.67 bits per heavy atom. The van der Waals surface area contributed by atoms with E-state index in [1.807, 2.05) is 19.1 Å². The van der Waals surface area contributed by atoms with Crippen LogP contribution in [0.15, 0.2) is 86.9 Å². The second kappa shape index (κ2) is 9.93. The Kier molecular flexibility index (Phi) is 6.81. The van der Waals surface area contributed by atoms with E-state index in [4.69, 9.17) is 18.3 Å². The predicted octanol–water partition coefficient (Wildman–Crippen LogP) is 4.73. The molecule has 0 atom stereocenters. The number of ether oxygens (including phenoxy) is 2. The molecule has 0 saturated carbocycles. The van der Waals surface area contributed by atoms with Crippen LogP contribution in [0.5, 0.6) is 11.5 Å². The number of benzene rings is 2. The molecular weight excluding hydrogens is 444 g/mol. The Morgan fingerprint density at radius 1 is 0.939 bits per heavy atom. The van der Waals surface area contributed by atoms with Gasteiger partial charge in [-0.1, -0.05) is 0 Å². The van der Waals surface area contributed by atoms with E-state index in [2.05, 4.69) is 4.98 Å². The molecule has 0 bridgehead atoms. The van der Waals surface area contributed by atoms with E-state index in [0.717, 1.165) is 11.3 Å². The van der Waals surface area contributed by atoms with Gasteiger partial charge in [-0.15, -0.1) is 0 Å². The lowest BCUT2D eigenvalue weighted by atomic mass is 10.2. The van der Waals surface area contributed by atoms with Crippen molar-refractivity contribution in [2.75, 3.05) is 13.7 Å². The smallest absolute Gasteiger partial charge is 0.243 e. The first-order valence-corrected chi connectivity index (χ1v) is 11.8. The van der Waals surface area contributed by atoms with Gasteiger partial charge in [0.2, 0.25) is 15.9 Å². The highest BCUT2D eigenvalue weighted by Crippen LogP contribution is 2.26. The minimum absolute atomic E-state index is 0.00982. The first-order chi connectivity index (χ1) is 16.0. The van der Waals surface area contributed by atoms with E-state index in [9.17, 15) is 8.42 Å². The molecule has 0 fully saturated rings. The van der Waals surface area contributed by atoms with Gasteiger partial charge < -0.3 is 18.3 Å². The van der Waals surface area contributed by atoms with E-state index >= 15 is 0 Å². The van der Waals surface area contributed by atoms with Crippen LogP contribution in [0.3, 0.4) is 0 Å². The van der Waals surface area contributed by atoms with Gasteiger partial charge in [0.05, 0.1) is 43.7 Å². The highest BCUT2D eigenvalue weighted by atomic mass is 32.2. The molecule has 0 saturated heterocycles. The summed E-state index contributed by atoms with van der Waals surface area (Å²) in [6.45, 7) is 2.43. The van der Waals surface area contributed by atoms with Gasteiger partial charge in [0.15, 0.2) is 0 Å². The summed E-state index contributed by atoms with van der Waals surface area (Å²) in [5, 5.41) is 0. The molecule has 172 valence electrons. The Hall–Kier alpha value is -3.56. The molecule has 4 aromatic rings. The van der Waals surface area contributed by atoms with Crippen LogP contribution in [0, 0.1) is 0 Å². The monoisotopic (exact) mass is 468 g/mol. The van der Waals surface area contributed by atoms with Gasteiger partial charge in [0, 0.05) is 5.56 Å². The molecule has 2 aromatic carbocycles. The number of furan rings is 1. The van der Waals surface area contributed by atoms with E-state index in [1.165, 1.54) is 29.0 Å². The van der Waals surface area contributed by atoms with E-state index < -0.39 is 10.0 Å². The Balaban J connectivity index is 1.60. The number of rotatable bonds is 10. The molecule has 33 heavy (non-hydrogen) atoms. The van der Waals surface area contributed by atoms with E-state index in [1.54, 1.807) is 43.5 Å². The van der Waals surface area contributed by atoms with Crippen molar-refractivity contribution in [2.45, 2.75) is 24.9 Å². The third-order valence-corrected chi connectivity index (χ3v) is 6.72. The van der Waals surface area contributed by atoms with Crippen molar-refractivity contribution in [1.29, 1.82) is 0 Å². The molecule has 4 rings (SSSR count). The fourth-order valence-corrected chi connectivity index (χ4v) is 4.63. The summed E-state index contributed by atoms with van der Waals surface area (Å²) in [4.78, 5) is 4.64. The van der Waals surface area contributed by atoms with Gasteiger partial charge in [-0.3, -0.25) is 0 Å². The number of methoxy groups -OCH3 is 1. The number of sulfonamides is 1. The van der Waals surface area contributed by atoms with Gasteiger partial charge in [0.1, 0.15) is 23.5 Å². The molecular formula is C24H24N2O6S. The van der Waals surface area contributed by atoms with Crippen LogP contribution >= 0.6 is 0 Å². The third-order valence-electron chi connectivity index (χ3n) is 4.91. The second-order valence-electron chi connectivity index (χ2n) is 7.13. The van der Waals surface area contributed by atoms with Gasteiger partial charge in [-0.25, -0.2) is 13.4 Å². The highest BCUT2D eigenvalue weighted by molar-refractivity contribution is 7.89. The van der Waals surface area contributed by atoms with Crippen molar-refractivity contribution in [1.82, 2.24) is 9.29 Å². The zero-order chi connectivity index (χ0) is 23.3. The number of aromatic nitrogens is 1. The first-order valence-electron chi connectivity index (χ1n) is 10.3. The average molecular weight is 469 g/mol. The Bertz CT molecular complexity index is 1260. The molecule has 0 N–H and O–H groups in total. The fourth-order valence-electron chi connectivity index (χ4n) is 3.25. The molecule has 8 nitrogen and oxygen atoms in total. The topological polar surface area (TPSA) is 95.0 Å². The van der Waals surface area contributed by atoms with Crippen LogP contribution in [-0.2, 0) is 23.1 Å². The molecule has 0 aliphatic carbocycles. The van der Waals surface area contributed by atoms with Crippen LogP contribution in [0.25, 0.3) is 11.5 Å². The van der Waals surface area contributed by atoms with Crippen molar-refractivity contribution in [3.05, 3.63) is 84.6 Å². The maximum Gasteiger partial charge on any atom is 0.243 e. The second-order valence-corrected chi connectivity index (χ2v) is 9.07. The fraction of sp³-hybridized carbons (Fsp3) is 0.208. The molecule has 0 spiro atoms. The molecule has 9 heteroatoms. The van der Waals surface area contributed by atoms with Crippen molar-refractivity contribution in [3.63, 3.8) is 0 Å². The van der Waals surface area contributed by atoms with Crippen LogP contribution in [0.1, 0.15) is 18.4 Å². The van der Waals surface area contributed by atoms with Gasteiger partial charge in [0.25, 0.3) is 0 Å².